The summed E-state index contributed by atoms with van der Waals surface area (Å²) in [4.78, 5) is 0. The SMILES string of the molecule is Cc1ccc(C)c(CC2CCCN2)c1Cl. The highest BCUT2D eigenvalue weighted by Gasteiger charge is 2.17. The second kappa shape index (κ2) is 4.54. The fraction of sp³-hybridized carbons (Fsp3) is 0.538. The van der Waals surface area contributed by atoms with Gasteiger partial charge in [0.25, 0.3) is 0 Å². The van der Waals surface area contributed by atoms with Crippen molar-refractivity contribution in [2.24, 2.45) is 0 Å². The number of aryl methyl sites for hydroxylation is 2. The molecule has 0 aliphatic carbocycles. The number of hydrogen-bond acceptors (Lipinski definition) is 1. The summed E-state index contributed by atoms with van der Waals surface area (Å²) >= 11 is 6.35. The van der Waals surface area contributed by atoms with Crippen LogP contribution in [0.1, 0.15) is 29.5 Å². The zero-order valence-corrected chi connectivity index (χ0v) is 10.2. The van der Waals surface area contributed by atoms with E-state index in [2.05, 4.69) is 31.3 Å². The van der Waals surface area contributed by atoms with E-state index in [1.807, 2.05) is 0 Å². The van der Waals surface area contributed by atoms with Gasteiger partial charge in [-0.25, -0.2) is 0 Å². The molecule has 2 rings (SSSR count). The Kier molecular flexibility index (Phi) is 3.32. The highest BCUT2D eigenvalue weighted by atomic mass is 35.5. The molecule has 1 N–H and O–H groups in total. The summed E-state index contributed by atoms with van der Waals surface area (Å²) in [5, 5.41) is 4.48. The minimum atomic E-state index is 0.628. The number of benzene rings is 1. The average Bonchev–Trinajstić information content (AvgIpc) is 2.71. The molecule has 82 valence electrons. The van der Waals surface area contributed by atoms with Crippen molar-refractivity contribution in [1.29, 1.82) is 0 Å². The summed E-state index contributed by atoms with van der Waals surface area (Å²) in [6.45, 7) is 5.39. The van der Waals surface area contributed by atoms with E-state index in [9.17, 15) is 0 Å². The molecule has 1 fully saturated rings. The number of nitrogens with one attached hydrogen (secondary N) is 1. The molecule has 0 saturated carbocycles. The second-order valence-corrected chi connectivity index (χ2v) is 4.87. The predicted molar refractivity (Wildman–Crippen MR) is 65.7 cm³/mol. The van der Waals surface area contributed by atoms with Gasteiger partial charge in [0.05, 0.1) is 0 Å². The first-order valence-corrected chi connectivity index (χ1v) is 6.04. The van der Waals surface area contributed by atoms with E-state index in [4.69, 9.17) is 11.6 Å². The van der Waals surface area contributed by atoms with Gasteiger partial charge in [0, 0.05) is 11.1 Å². The first-order valence-electron chi connectivity index (χ1n) is 5.66. The van der Waals surface area contributed by atoms with Gasteiger partial charge in [0.1, 0.15) is 0 Å². The zero-order chi connectivity index (χ0) is 10.8. The first kappa shape index (κ1) is 11.0. The van der Waals surface area contributed by atoms with Gasteiger partial charge in [-0.15, -0.1) is 0 Å². The molecular weight excluding hydrogens is 206 g/mol. The van der Waals surface area contributed by atoms with Crippen molar-refractivity contribution in [1.82, 2.24) is 5.32 Å². The summed E-state index contributed by atoms with van der Waals surface area (Å²) in [7, 11) is 0. The third kappa shape index (κ3) is 2.35. The molecule has 1 heterocycles. The van der Waals surface area contributed by atoms with Crippen molar-refractivity contribution < 1.29 is 0 Å². The third-order valence-corrected chi connectivity index (χ3v) is 3.81. The van der Waals surface area contributed by atoms with Crippen LogP contribution in [0.15, 0.2) is 12.1 Å². The van der Waals surface area contributed by atoms with Crippen LogP contribution in [0.2, 0.25) is 5.02 Å². The van der Waals surface area contributed by atoms with Crippen LogP contribution in [0.3, 0.4) is 0 Å². The zero-order valence-electron chi connectivity index (χ0n) is 9.44. The quantitative estimate of drug-likeness (QED) is 0.812. The Morgan fingerprint density at radius 2 is 2.07 bits per heavy atom. The van der Waals surface area contributed by atoms with E-state index in [0.29, 0.717) is 6.04 Å². The molecule has 1 atom stereocenters. The fourth-order valence-electron chi connectivity index (χ4n) is 2.26. The van der Waals surface area contributed by atoms with Crippen molar-refractivity contribution in [2.45, 2.75) is 39.2 Å². The Balaban J connectivity index is 2.22. The number of halogens is 1. The van der Waals surface area contributed by atoms with E-state index in [-0.39, 0.29) is 0 Å². The second-order valence-electron chi connectivity index (χ2n) is 4.49. The smallest absolute Gasteiger partial charge is 0.0470 e. The van der Waals surface area contributed by atoms with Gasteiger partial charge in [-0.05, 0) is 56.3 Å². The van der Waals surface area contributed by atoms with Crippen molar-refractivity contribution in [2.75, 3.05) is 6.54 Å². The molecule has 1 nitrogen and oxygen atoms in total. The molecule has 1 saturated heterocycles. The molecule has 0 bridgehead atoms. The Morgan fingerprint density at radius 3 is 2.73 bits per heavy atom. The van der Waals surface area contributed by atoms with Crippen LogP contribution in [0.5, 0.6) is 0 Å². The van der Waals surface area contributed by atoms with Crippen LogP contribution in [0.25, 0.3) is 0 Å². The third-order valence-electron chi connectivity index (χ3n) is 3.28. The fourth-order valence-corrected chi connectivity index (χ4v) is 2.55. The topological polar surface area (TPSA) is 12.0 Å². The maximum atomic E-state index is 6.35. The molecule has 1 aromatic carbocycles. The molecule has 1 aromatic rings. The highest BCUT2D eigenvalue weighted by molar-refractivity contribution is 6.32. The predicted octanol–water partition coefficient (Wildman–Crippen LogP) is 3.25. The minimum Gasteiger partial charge on any atom is -0.314 e. The van der Waals surface area contributed by atoms with Crippen LogP contribution < -0.4 is 5.32 Å². The summed E-state index contributed by atoms with van der Waals surface area (Å²) in [5.41, 5.74) is 3.84. The lowest BCUT2D eigenvalue weighted by molar-refractivity contribution is 0.601. The van der Waals surface area contributed by atoms with Gasteiger partial charge in [0.15, 0.2) is 0 Å². The molecule has 0 spiro atoms. The lowest BCUT2D eigenvalue weighted by Crippen LogP contribution is -2.24. The van der Waals surface area contributed by atoms with E-state index in [1.54, 1.807) is 0 Å². The van der Waals surface area contributed by atoms with Crippen molar-refractivity contribution in [3.8, 4) is 0 Å². The summed E-state index contributed by atoms with van der Waals surface area (Å²) in [5.74, 6) is 0. The number of hydrogen-bond donors (Lipinski definition) is 1. The van der Waals surface area contributed by atoms with Crippen LogP contribution in [0, 0.1) is 13.8 Å². The van der Waals surface area contributed by atoms with E-state index < -0.39 is 0 Å². The molecule has 15 heavy (non-hydrogen) atoms. The number of rotatable bonds is 2. The van der Waals surface area contributed by atoms with Crippen LogP contribution >= 0.6 is 11.6 Å². The lowest BCUT2D eigenvalue weighted by Gasteiger charge is -2.15. The molecular formula is C13H18ClN. The largest absolute Gasteiger partial charge is 0.314 e. The monoisotopic (exact) mass is 223 g/mol. The normalized spacial score (nSPS) is 20.9. The summed E-state index contributed by atoms with van der Waals surface area (Å²) in [6.07, 6.45) is 3.66. The maximum absolute atomic E-state index is 6.35. The van der Waals surface area contributed by atoms with Crippen LogP contribution in [-0.2, 0) is 6.42 Å². The Morgan fingerprint density at radius 1 is 1.33 bits per heavy atom. The minimum absolute atomic E-state index is 0.628. The van der Waals surface area contributed by atoms with E-state index in [0.717, 1.165) is 18.0 Å². The Bertz CT molecular complexity index is 354. The highest BCUT2D eigenvalue weighted by Crippen LogP contribution is 2.26. The Labute approximate surface area is 96.8 Å². The van der Waals surface area contributed by atoms with Crippen LogP contribution in [-0.4, -0.2) is 12.6 Å². The van der Waals surface area contributed by atoms with E-state index in [1.165, 1.54) is 29.5 Å². The molecule has 1 aliphatic heterocycles. The molecule has 2 heteroatoms. The van der Waals surface area contributed by atoms with Crippen molar-refractivity contribution in [3.05, 3.63) is 33.8 Å². The molecule has 1 aliphatic rings. The van der Waals surface area contributed by atoms with Gasteiger partial charge in [-0.1, -0.05) is 23.7 Å². The summed E-state index contributed by atoms with van der Waals surface area (Å²) in [6, 6.07) is 4.90. The molecule has 0 aromatic heterocycles. The maximum Gasteiger partial charge on any atom is 0.0470 e. The molecule has 1 unspecified atom stereocenters. The van der Waals surface area contributed by atoms with Gasteiger partial charge >= 0.3 is 0 Å². The van der Waals surface area contributed by atoms with Crippen molar-refractivity contribution in [3.63, 3.8) is 0 Å². The standard InChI is InChI=1S/C13H18ClN/c1-9-5-6-10(2)13(14)12(9)8-11-4-3-7-15-11/h5-6,11,15H,3-4,7-8H2,1-2H3. The molecule has 0 amide bonds. The average molecular weight is 224 g/mol. The van der Waals surface area contributed by atoms with Gasteiger partial charge in [-0.3, -0.25) is 0 Å². The molecule has 0 radical (unpaired) electrons. The van der Waals surface area contributed by atoms with Crippen LogP contribution in [0.4, 0.5) is 0 Å². The summed E-state index contributed by atoms with van der Waals surface area (Å²) < 4.78 is 0. The van der Waals surface area contributed by atoms with E-state index >= 15 is 0 Å². The van der Waals surface area contributed by atoms with Gasteiger partial charge in [0.2, 0.25) is 0 Å². The first-order chi connectivity index (χ1) is 7.18. The Hall–Kier alpha value is -0.530. The lowest BCUT2D eigenvalue weighted by atomic mass is 9.98. The van der Waals surface area contributed by atoms with Crippen molar-refractivity contribution >= 4 is 11.6 Å². The van der Waals surface area contributed by atoms with Gasteiger partial charge in [-0.2, -0.15) is 0 Å². The van der Waals surface area contributed by atoms with Gasteiger partial charge < -0.3 is 5.32 Å².